The zero-order chi connectivity index (χ0) is 22.0. The summed E-state index contributed by atoms with van der Waals surface area (Å²) in [5.74, 6) is -0.473. The summed E-state index contributed by atoms with van der Waals surface area (Å²) < 4.78 is 15.2. The number of nitrogens with one attached hydrogen (secondary N) is 1. The van der Waals surface area contributed by atoms with Crippen molar-refractivity contribution in [2.24, 2.45) is 0 Å². The van der Waals surface area contributed by atoms with Gasteiger partial charge in [0, 0.05) is 50.6 Å². The molecule has 2 atom stereocenters. The van der Waals surface area contributed by atoms with E-state index in [-0.39, 0.29) is 11.6 Å². The molecule has 0 bridgehead atoms. The van der Waals surface area contributed by atoms with Crippen molar-refractivity contribution in [3.05, 3.63) is 69.1 Å². The second-order valence-electron chi connectivity index (χ2n) is 7.94. The lowest BCUT2D eigenvalue weighted by Crippen LogP contribution is -2.53. The second-order valence-corrected chi connectivity index (χ2v) is 8.34. The normalized spacial score (nSPS) is 19.7. The molecule has 2 unspecified atom stereocenters. The molecule has 4 heterocycles. The minimum Gasteiger partial charge on any atom is -0.390 e. The topological polar surface area (TPSA) is 83.3 Å². The number of β-amino-alcohol motifs (C(OH)–C–C–N with tert-alkyl or cyclic N) is 1. The standard InChI is InChI=1S/C22H25ClFN5O2/c1-14-17(23)8-15(10-25-14)11-26-19-4-5-28(13-21(19)30)6-7-29-20-9-16(24)12-27-18(20)2-3-22(29)31/h2-3,8-10,12,19,21,26,30H,4-7,11,13H2,1H3. The summed E-state index contributed by atoms with van der Waals surface area (Å²) in [4.78, 5) is 22.7. The number of rotatable bonds is 6. The molecule has 3 aromatic rings. The molecule has 0 aromatic carbocycles. The smallest absolute Gasteiger partial charge is 0.251 e. The van der Waals surface area contributed by atoms with Crippen LogP contribution in [0.4, 0.5) is 4.39 Å². The molecule has 9 heteroatoms. The van der Waals surface area contributed by atoms with Gasteiger partial charge in [-0.3, -0.25) is 19.7 Å². The fraction of sp³-hybridized carbons (Fsp3) is 0.409. The highest BCUT2D eigenvalue weighted by Gasteiger charge is 2.27. The molecule has 1 saturated heterocycles. The number of hydrogen-bond acceptors (Lipinski definition) is 6. The van der Waals surface area contributed by atoms with Gasteiger partial charge >= 0.3 is 0 Å². The van der Waals surface area contributed by atoms with E-state index >= 15 is 0 Å². The summed E-state index contributed by atoms with van der Waals surface area (Å²) in [6.45, 7) is 4.71. The molecule has 1 aliphatic heterocycles. The first-order chi connectivity index (χ1) is 14.9. The maximum Gasteiger partial charge on any atom is 0.251 e. The summed E-state index contributed by atoms with van der Waals surface area (Å²) in [5.41, 5.74) is 2.64. The van der Waals surface area contributed by atoms with Gasteiger partial charge in [-0.05, 0) is 37.6 Å². The van der Waals surface area contributed by atoms with Crippen molar-refractivity contribution < 1.29 is 9.50 Å². The van der Waals surface area contributed by atoms with Crippen LogP contribution in [0.1, 0.15) is 17.7 Å². The lowest BCUT2D eigenvalue weighted by Gasteiger charge is -2.36. The lowest BCUT2D eigenvalue weighted by molar-refractivity contribution is 0.0385. The maximum atomic E-state index is 13.6. The van der Waals surface area contributed by atoms with Gasteiger partial charge in [0.25, 0.3) is 5.56 Å². The number of nitrogens with zero attached hydrogens (tertiary/aromatic N) is 4. The highest BCUT2D eigenvalue weighted by molar-refractivity contribution is 6.31. The number of fused-ring (bicyclic) bond motifs is 1. The van der Waals surface area contributed by atoms with E-state index in [1.165, 1.54) is 16.7 Å². The Morgan fingerprint density at radius 3 is 2.87 bits per heavy atom. The Morgan fingerprint density at radius 2 is 2.10 bits per heavy atom. The van der Waals surface area contributed by atoms with E-state index in [4.69, 9.17) is 11.6 Å². The van der Waals surface area contributed by atoms with Gasteiger partial charge in [0.15, 0.2) is 0 Å². The molecule has 1 fully saturated rings. The molecule has 3 aromatic heterocycles. The average molecular weight is 446 g/mol. The van der Waals surface area contributed by atoms with Crippen LogP contribution in [0.2, 0.25) is 5.02 Å². The third-order valence-corrected chi connectivity index (χ3v) is 6.14. The number of aliphatic hydroxyl groups excluding tert-OH is 1. The fourth-order valence-electron chi connectivity index (χ4n) is 3.94. The number of aryl methyl sites for hydroxylation is 1. The Balaban J connectivity index is 1.34. The molecular formula is C22H25ClFN5O2. The number of halogens is 2. The Hall–Kier alpha value is -2.39. The van der Waals surface area contributed by atoms with E-state index in [0.29, 0.717) is 42.2 Å². The summed E-state index contributed by atoms with van der Waals surface area (Å²) in [5, 5.41) is 14.6. The highest BCUT2D eigenvalue weighted by atomic mass is 35.5. The zero-order valence-electron chi connectivity index (χ0n) is 17.3. The quantitative estimate of drug-likeness (QED) is 0.604. The Labute approximate surface area is 184 Å². The third-order valence-electron chi connectivity index (χ3n) is 5.76. The molecule has 164 valence electrons. The highest BCUT2D eigenvalue weighted by Crippen LogP contribution is 2.16. The van der Waals surface area contributed by atoms with Crippen LogP contribution in [0.3, 0.4) is 0 Å². The van der Waals surface area contributed by atoms with Gasteiger partial charge in [-0.2, -0.15) is 0 Å². The monoisotopic (exact) mass is 445 g/mol. The van der Waals surface area contributed by atoms with Gasteiger partial charge in [0.05, 0.1) is 34.1 Å². The molecule has 2 N–H and O–H groups in total. The van der Waals surface area contributed by atoms with Crippen molar-refractivity contribution in [1.29, 1.82) is 0 Å². The van der Waals surface area contributed by atoms with Crippen LogP contribution < -0.4 is 10.9 Å². The summed E-state index contributed by atoms with van der Waals surface area (Å²) in [7, 11) is 0. The number of aromatic nitrogens is 3. The number of aliphatic hydroxyl groups is 1. The molecule has 0 radical (unpaired) electrons. The molecule has 0 saturated carbocycles. The van der Waals surface area contributed by atoms with E-state index in [1.807, 2.05) is 13.0 Å². The van der Waals surface area contributed by atoms with Crippen molar-refractivity contribution in [3.63, 3.8) is 0 Å². The second kappa shape index (κ2) is 9.40. The van der Waals surface area contributed by atoms with Crippen LogP contribution in [0.25, 0.3) is 11.0 Å². The van der Waals surface area contributed by atoms with Gasteiger partial charge in [-0.25, -0.2) is 4.39 Å². The van der Waals surface area contributed by atoms with E-state index < -0.39 is 11.9 Å². The van der Waals surface area contributed by atoms with Crippen LogP contribution in [0, 0.1) is 12.7 Å². The average Bonchev–Trinajstić information content (AvgIpc) is 2.74. The van der Waals surface area contributed by atoms with Crippen molar-refractivity contribution in [1.82, 2.24) is 24.8 Å². The number of likely N-dealkylation sites (tertiary alicyclic amines) is 1. The van der Waals surface area contributed by atoms with Crippen LogP contribution in [0.5, 0.6) is 0 Å². The third kappa shape index (κ3) is 5.10. The first kappa shape index (κ1) is 21.8. The van der Waals surface area contributed by atoms with Crippen LogP contribution >= 0.6 is 11.6 Å². The molecule has 7 nitrogen and oxygen atoms in total. The molecule has 4 rings (SSSR count). The Bertz CT molecular complexity index is 1140. The summed E-state index contributed by atoms with van der Waals surface area (Å²) in [6.07, 6.45) is 3.17. The van der Waals surface area contributed by atoms with E-state index in [9.17, 15) is 14.3 Å². The van der Waals surface area contributed by atoms with Gasteiger partial charge in [0.1, 0.15) is 5.82 Å². The first-order valence-corrected chi connectivity index (χ1v) is 10.7. The van der Waals surface area contributed by atoms with Crippen LogP contribution in [-0.2, 0) is 13.1 Å². The summed E-state index contributed by atoms with van der Waals surface area (Å²) in [6, 6.07) is 6.24. The number of pyridine rings is 3. The van der Waals surface area contributed by atoms with Crippen molar-refractivity contribution in [3.8, 4) is 0 Å². The largest absolute Gasteiger partial charge is 0.390 e. The van der Waals surface area contributed by atoms with Gasteiger partial charge in [-0.1, -0.05) is 11.6 Å². The minimum absolute atomic E-state index is 0.0325. The SMILES string of the molecule is Cc1ncc(CNC2CCN(CCn3c(=O)ccc4ncc(F)cc43)CC2O)cc1Cl. The predicted molar refractivity (Wildman–Crippen MR) is 118 cm³/mol. The molecule has 31 heavy (non-hydrogen) atoms. The summed E-state index contributed by atoms with van der Waals surface area (Å²) >= 11 is 6.13. The van der Waals surface area contributed by atoms with Crippen LogP contribution in [0.15, 0.2) is 41.5 Å². The number of hydrogen-bond donors (Lipinski definition) is 2. The lowest BCUT2D eigenvalue weighted by atomic mass is 10.0. The molecular weight excluding hydrogens is 421 g/mol. The maximum absolute atomic E-state index is 13.6. The zero-order valence-corrected chi connectivity index (χ0v) is 18.0. The van der Waals surface area contributed by atoms with Crippen molar-refractivity contribution >= 4 is 22.6 Å². The fourth-order valence-corrected chi connectivity index (χ4v) is 4.13. The van der Waals surface area contributed by atoms with Gasteiger partial charge in [0.2, 0.25) is 0 Å². The molecule has 0 aliphatic carbocycles. The van der Waals surface area contributed by atoms with E-state index in [2.05, 4.69) is 20.2 Å². The van der Waals surface area contributed by atoms with Crippen molar-refractivity contribution in [2.45, 2.75) is 38.6 Å². The predicted octanol–water partition coefficient (Wildman–Crippen LogP) is 2.12. The first-order valence-electron chi connectivity index (χ1n) is 10.3. The molecule has 1 aliphatic rings. The Kier molecular flexibility index (Phi) is 6.62. The number of piperidine rings is 1. The van der Waals surface area contributed by atoms with Crippen molar-refractivity contribution in [2.75, 3.05) is 19.6 Å². The van der Waals surface area contributed by atoms with E-state index in [0.717, 1.165) is 30.4 Å². The van der Waals surface area contributed by atoms with Gasteiger partial charge in [-0.15, -0.1) is 0 Å². The Morgan fingerprint density at radius 1 is 1.26 bits per heavy atom. The van der Waals surface area contributed by atoms with Gasteiger partial charge < -0.3 is 15.0 Å². The van der Waals surface area contributed by atoms with E-state index in [1.54, 1.807) is 12.3 Å². The minimum atomic E-state index is -0.536. The molecule has 0 amide bonds. The molecule has 0 spiro atoms. The van der Waals surface area contributed by atoms with Crippen LogP contribution in [-0.4, -0.2) is 56.3 Å².